The summed E-state index contributed by atoms with van der Waals surface area (Å²) in [7, 11) is 1.58. The number of rotatable bonds is 2. The molecule has 0 bridgehead atoms. The van der Waals surface area contributed by atoms with Gasteiger partial charge < -0.3 is 5.11 Å². The summed E-state index contributed by atoms with van der Waals surface area (Å²) in [4.78, 5) is 27.3. The molecular formula is C12H11N3O4. The van der Waals surface area contributed by atoms with Crippen LogP contribution in [0.5, 0.6) is 5.75 Å². The summed E-state index contributed by atoms with van der Waals surface area (Å²) < 4.78 is 0. The molecule has 1 N–H and O–H groups in total. The summed E-state index contributed by atoms with van der Waals surface area (Å²) in [6.07, 6.45) is 1.33. The lowest BCUT2D eigenvalue weighted by Crippen LogP contribution is -2.25. The number of phenols is 1. The van der Waals surface area contributed by atoms with Crippen molar-refractivity contribution in [2.24, 2.45) is 4.99 Å². The van der Waals surface area contributed by atoms with E-state index in [1.165, 1.54) is 29.2 Å². The number of aromatic hydroxyl groups is 1. The largest absolute Gasteiger partial charge is 0.507 e. The number of hydrogen-bond acceptors (Lipinski definition) is 5. The van der Waals surface area contributed by atoms with Gasteiger partial charge in [-0.2, -0.15) is 0 Å². The van der Waals surface area contributed by atoms with E-state index in [1.807, 2.05) is 0 Å². The molecular weight excluding hydrogens is 250 g/mol. The molecule has 19 heavy (non-hydrogen) atoms. The third kappa shape index (κ3) is 2.30. The number of carbonyl (C=O) groups is 1. The first-order valence-electron chi connectivity index (χ1n) is 5.42. The number of phenolic OH excluding ortho intramolecular Hbond substituents is 1. The first-order chi connectivity index (χ1) is 8.90. The molecule has 1 aromatic rings. The number of non-ortho nitro benzene ring substituents is 1. The van der Waals surface area contributed by atoms with E-state index in [9.17, 15) is 20.0 Å². The number of nitro groups is 1. The molecule has 7 heteroatoms. The van der Waals surface area contributed by atoms with Crippen LogP contribution in [0.3, 0.4) is 0 Å². The monoisotopic (exact) mass is 261 g/mol. The van der Waals surface area contributed by atoms with Gasteiger partial charge in [0.15, 0.2) is 0 Å². The van der Waals surface area contributed by atoms with E-state index in [0.717, 1.165) is 0 Å². The summed E-state index contributed by atoms with van der Waals surface area (Å²) in [6, 6.07) is 3.59. The van der Waals surface area contributed by atoms with Crippen molar-refractivity contribution in [2.45, 2.75) is 6.92 Å². The lowest BCUT2D eigenvalue weighted by molar-refractivity contribution is -0.384. The van der Waals surface area contributed by atoms with Gasteiger partial charge in [0.2, 0.25) is 0 Å². The molecule has 0 saturated heterocycles. The van der Waals surface area contributed by atoms with Gasteiger partial charge in [0.1, 0.15) is 17.3 Å². The molecule has 1 aromatic carbocycles. The average Bonchev–Trinajstić information content (AvgIpc) is 2.59. The van der Waals surface area contributed by atoms with Crippen molar-refractivity contribution in [1.29, 1.82) is 0 Å². The predicted molar refractivity (Wildman–Crippen MR) is 68.6 cm³/mol. The SMILES string of the molecule is CC1=N/C(=C\c2cc([N+](=O)[O-])ccc2O)C(=O)N1C. The van der Waals surface area contributed by atoms with E-state index in [-0.39, 0.29) is 28.6 Å². The highest BCUT2D eigenvalue weighted by Gasteiger charge is 2.24. The maximum absolute atomic E-state index is 11.8. The molecule has 1 aliphatic heterocycles. The van der Waals surface area contributed by atoms with E-state index in [0.29, 0.717) is 5.84 Å². The Bertz CT molecular complexity index is 634. The second-order valence-electron chi connectivity index (χ2n) is 4.05. The van der Waals surface area contributed by atoms with Gasteiger partial charge in [0, 0.05) is 24.7 Å². The fraction of sp³-hybridized carbons (Fsp3) is 0.167. The maximum Gasteiger partial charge on any atom is 0.277 e. The first-order valence-corrected chi connectivity index (χ1v) is 5.42. The van der Waals surface area contributed by atoms with Gasteiger partial charge in [0.25, 0.3) is 11.6 Å². The number of likely N-dealkylation sites (N-methyl/N-ethyl adjacent to an activating group) is 1. The van der Waals surface area contributed by atoms with Crippen molar-refractivity contribution < 1.29 is 14.8 Å². The Morgan fingerprint density at radius 3 is 2.68 bits per heavy atom. The Balaban J connectivity index is 2.46. The Morgan fingerprint density at radius 1 is 1.47 bits per heavy atom. The first kappa shape index (κ1) is 12.7. The number of amides is 1. The van der Waals surface area contributed by atoms with Crippen LogP contribution in [0.15, 0.2) is 28.9 Å². The lowest BCUT2D eigenvalue weighted by Gasteiger charge is -2.06. The molecule has 0 fully saturated rings. The molecule has 0 radical (unpaired) electrons. The fourth-order valence-electron chi connectivity index (χ4n) is 1.63. The quantitative estimate of drug-likeness (QED) is 0.496. The highest BCUT2D eigenvalue weighted by molar-refractivity contribution is 6.13. The van der Waals surface area contributed by atoms with E-state index < -0.39 is 4.92 Å². The Morgan fingerprint density at radius 2 is 2.16 bits per heavy atom. The highest BCUT2D eigenvalue weighted by Crippen LogP contribution is 2.26. The standard InChI is InChI=1S/C12H11N3O4/c1-7-13-10(12(17)14(7)2)6-8-5-9(15(18)19)3-4-11(8)16/h3-6,16H,1-2H3/b10-6-. The summed E-state index contributed by atoms with van der Waals surface area (Å²) in [5.74, 6) is 0.0675. The van der Waals surface area contributed by atoms with Gasteiger partial charge in [0.05, 0.1) is 4.92 Å². The minimum absolute atomic E-state index is 0.135. The molecule has 1 amide bonds. The molecule has 1 heterocycles. The number of carbonyl (C=O) groups excluding carboxylic acids is 1. The zero-order valence-electron chi connectivity index (χ0n) is 10.3. The van der Waals surface area contributed by atoms with Gasteiger partial charge in [-0.25, -0.2) is 4.99 Å². The molecule has 0 aliphatic carbocycles. The van der Waals surface area contributed by atoms with Crippen LogP contribution in [0.25, 0.3) is 6.08 Å². The second-order valence-corrected chi connectivity index (χ2v) is 4.05. The smallest absolute Gasteiger partial charge is 0.277 e. The number of nitrogens with zero attached hydrogens (tertiary/aromatic N) is 3. The summed E-state index contributed by atoms with van der Waals surface area (Å²) in [5.41, 5.74) is 0.157. The number of amidine groups is 1. The van der Waals surface area contributed by atoms with Crippen LogP contribution in [0.4, 0.5) is 5.69 Å². The summed E-state index contributed by atoms with van der Waals surface area (Å²) in [5, 5.41) is 20.3. The van der Waals surface area contributed by atoms with Crippen LogP contribution < -0.4 is 0 Å². The molecule has 0 atom stereocenters. The van der Waals surface area contributed by atoms with E-state index in [4.69, 9.17) is 0 Å². The van der Waals surface area contributed by atoms with Crippen LogP contribution in [0.2, 0.25) is 0 Å². The van der Waals surface area contributed by atoms with Gasteiger partial charge in [-0.05, 0) is 19.1 Å². The van der Waals surface area contributed by atoms with E-state index in [1.54, 1.807) is 14.0 Å². The average molecular weight is 261 g/mol. The molecule has 1 aliphatic rings. The van der Waals surface area contributed by atoms with Crippen LogP contribution >= 0.6 is 0 Å². The molecule has 2 rings (SSSR count). The molecule has 7 nitrogen and oxygen atoms in total. The van der Waals surface area contributed by atoms with E-state index >= 15 is 0 Å². The zero-order chi connectivity index (χ0) is 14.2. The predicted octanol–water partition coefficient (Wildman–Crippen LogP) is 1.53. The van der Waals surface area contributed by atoms with Gasteiger partial charge >= 0.3 is 0 Å². The van der Waals surface area contributed by atoms with Crippen molar-refractivity contribution in [3.05, 3.63) is 39.6 Å². The molecule has 0 unspecified atom stereocenters. The van der Waals surface area contributed by atoms with Gasteiger partial charge in [-0.15, -0.1) is 0 Å². The minimum atomic E-state index is -0.571. The molecule has 0 spiro atoms. The topological polar surface area (TPSA) is 96.0 Å². The molecule has 0 aromatic heterocycles. The van der Waals surface area contributed by atoms with Crippen LogP contribution in [-0.4, -0.2) is 33.7 Å². The molecule has 98 valence electrons. The third-order valence-corrected chi connectivity index (χ3v) is 2.81. The number of hydrogen-bond donors (Lipinski definition) is 1. The lowest BCUT2D eigenvalue weighted by atomic mass is 10.1. The molecule has 0 saturated carbocycles. The second kappa shape index (κ2) is 4.52. The summed E-state index contributed by atoms with van der Waals surface area (Å²) in [6.45, 7) is 1.67. The zero-order valence-corrected chi connectivity index (χ0v) is 10.3. The Hall–Kier alpha value is -2.70. The minimum Gasteiger partial charge on any atom is -0.507 e. The maximum atomic E-state index is 11.8. The number of nitro benzene ring substituents is 1. The third-order valence-electron chi connectivity index (χ3n) is 2.81. The summed E-state index contributed by atoms with van der Waals surface area (Å²) >= 11 is 0. The van der Waals surface area contributed by atoms with Crippen molar-refractivity contribution in [3.63, 3.8) is 0 Å². The highest BCUT2D eigenvalue weighted by atomic mass is 16.6. The van der Waals surface area contributed by atoms with Crippen LogP contribution in [-0.2, 0) is 4.79 Å². The number of aliphatic imine (C=N–C) groups is 1. The van der Waals surface area contributed by atoms with Crippen molar-refractivity contribution in [2.75, 3.05) is 7.05 Å². The van der Waals surface area contributed by atoms with Crippen LogP contribution in [0, 0.1) is 10.1 Å². The van der Waals surface area contributed by atoms with Crippen molar-refractivity contribution in [1.82, 2.24) is 4.90 Å². The Kier molecular flexibility index (Phi) is 3.04. The number of benzene rings is 1. The van der Waals surface area contributed by atoms with Gasteiger partial charge in [-0.3, -0.25) is 19.8 Å². The van der Waals surface area contributed by atoms with E-state index in [2.05, 4.69) is 4.99 Å². The van der Waals surface area contributed by atoms with Crippen molar-refractivity contribution in [3.8, 4) is 5.75 Å². The van der Waals surface area contributed by atoms with Gasteiger partial charge in [-0.1, -0.05) is 0 Å². The van der Waals surface area contributed by atoms with Crippen molar-refractivity contribution >= 4 is 23.5 Å². The fourth-order valence-corrected chi connectivity index (χ4v) is 1.63. The normalized spacial score (nSPS) is 16.9. The van der Waals surface area contributed by atoms with Crippen LogP contribution in [0.1, 0.15) is 12.5 Å². The Labute approximate surface area is 108 Å².